The van der Waals surface area contributed by atoms with Crippen molar-refractivity contribution in [2.75, 3.05) is 41.3 Å². The highest BCUT2D eigenvalue weighted by Gasteiger charge is 2.37. The number of benzene rings is 2. The molecule has 2 aromatic carbocycles. The molecule has 0 aliphatic carbocycles. The summed E-state index contributed by atoms with van der Waals surface area (Å²) in [6.07, 6.45) is 5.36. The van der Waals surface area contributed by atoms with Gasteiger partial charge in [-0.25, -0.2) is 9.59 Å². The Bertz CT molecular complexity index is 1220. The zero-order valence-corrected chi connectivity index (χ0v) is 25.6. The van der Waals surface area contributed by atoms with Gasteiger partial charge in [-0.15, -0.1) is 0 Å². The zero-order valence-electron chi connectivity index (χ0n) is 25.6. The number of aromatic carboxylic acids is 2. The summed E-state index contributed by atoms with van der Waals surface area (Å²) in [5.74, 6) is -0.797. The van der Waals surface area contributed by atoms with Gasteiger partial charge >= 0.3 is 11.9 Å². The maximum Gasteiger partial charge on any atom is 0.335 e. The third-order valence-corrected chi connectivity index (χ3v) is 8.08. The van der Waals surface area contributed by atoms with Gasteiger partial charge in [0, 0.05) is 17.0 Å². The summed E-state index contributed by atoms with van der Waals surface area (Å²) in [6, 6.07) is 8.49. The molecule has 2 aromatic rings. The van der Waals surface area contributed by atoms with Crippen molar-refractivity contribution < 1.29 is 24.5 Å². The molecule has 1 aliphatic heterocycles. The van der Waals surface area contributed by atoms with Crippen molar-refractivity contribution in [2.45, 2.75) is 72.1 Å². The second-order valence-corrected chi connectivity index (χ2v) is 13.5. The summed E-state index contributed by atoms with van der Waals surface area (Å²) in [6.45, 7) is 10.9. The van der Waals surface area contributed by atoms with E-state index in [0.29, 0.717) is 23.5 Å². The first kappa shape index (κ1) is 31.6. The van der Waals surface area contributed by atoms with E-state index in [1.165, 1.54) is 0 Å². The summed E-state index contributed by atoms with van der Waals surface area (Å²) >= 11 is 0. The fourth-order valence-electron chi connectivity index (χ4n) is 6.01. The first-order valence-corrected chi connectivity index (χ1v) is 14.3. The van der Waals surface area contributed by atoms with E-state index in [2.05, 4.69) is 65.7 Å². The van der Waals surface area contributed by atoms with Crippen molar-refractivity contribution in [2.24, 2.45) is 10.8 Å². The van der Waals surface area contributed by atoms with Crippen LogP contribution >= 0.6 is 0 Å². The van der Waals surface area contributed by atoms with E-state index in [0.717, 1.165) is 61.9 Å². The van der Waals surface area contributed by atoms with E-state index >= 15 is 0 Å². The van der Waals surface area contributed by atoms with Gasteiger partial charge in [0.05, 0.1) is 11.1 Å². The summed E-state index contributed by atoms with van der Waals surface area (Å²) in [7, 11) is 8.28. The number of rotatable bonds is 14. The first-order chi connectivity index (χ1) is 18.6. The smallest absolute Gasteiger partial charge is 0.335 e. The molecule has 2 N–H and O–H groups in total. The van der Waals surface area contributed by atoms with Crippen molar-refractivity contribution in [3.05, 3.63) is 58.1 Å². The number of carbonyl (C=O) groups is 2. The van der Waals surface area contributed by atoms with Crippen molar-refractivity contribution in [1.29, 1.82) is 0 Å². The second-order valence-electron chi connectivity index (χ2n) is 13.5. The van der Waals surface area contributed by atoms with Gasteiger partial charge in [0.15, 0.2) is 0 Å². The lowest BCUT2D eigenvalue weighted by Crippen LogP contribution is -2.26. The molecule has 7 heteroatoms. The minimum atomic E-state index is -0.987. The molecule has 3 rings (SSSR count). The van der Waals surface area contributed by atoms with Crippen LogP contribution in [0.4, 0.5) is 0 Å². The number of fused-ring (bicyclic) bond motifs is 2. The normalized spacial score (nSPS) is 15.1. The Morgan fingerprint density at radius 2 is 1.40 bits per heavy atom. The van der Waals surface area contributed by atoms with Crippen LogP contribution in [0.3, 0.4) is 0 Å². The SMILES string of the molecule is CN(C)CCCC(C)(C)Cc1c(C(=O)O)ccc2c1C(CC(C)(C)CCCN(C)C)c1cc(C(=O)O)ccc1O2. The average molecular weight is 553 g/mol. The number of ether oxygens (including phenoxy) is 1. The maximum absolute atomic E-state index is 12.6. The Morgan fingerprint density at radius 1 is 0.825 bits per heavy atom. The molecule has 7 nitrogen and oxygen atoms in total. The van der Waals surface area contributed by atoms with Gasteiger partial charge in [0.25, 0.3) is 0 Å². The molecule has 0 spiro atoms. The molecule has 0 saturated heterocycles. The minimum absolute atomic E-state index is 0.0660. The van der Waals surface area contributed by atoms with Crippen LogP contribution < -0.4 is 4.74 Å². The van der Waals surface area contributed by atoms with Crippen molar-refractivity contribution in [3.63, 3.8) is 0 Å². The van der Waals surface area contributed by atoms with Crippen LogP contribution in [0.5, 0.6) is 11.5 Å². The number of nitrogens with zero attached hydrogens (tertiary/aromatic N) is 2. The molecule has 0 radical (unpaired) electrons. The van der Waals surface area contributed by atoms with Gasteiger partial charge in [-0.3, -0.25) is 0 Å². The van der Waals surface area contributed by atoms with Crippen LogP contribution in [0.2, 0.25) is 0 Å². The quantitative estimate of drug-likeness (QED) is 0.261. The fourth-order valence-corrected chi connectivity index (χ4v) is 6.01. The zero-order chi connectivity index (χ0) is 29.8. The largest absolute Gasteiger partial charge is 0.478 e. The van der Waals surface area contributed by atoms with Crippen molar-refractivity contribution in [1.82, 2.24) is 9.80 Å². The highest BCUT2D eigenvalue weighted by molar-refractivity contribution is 5.91. The Kier molecular flexibility index (Phi) is 10.1. The van der Waals surface area contributed by atoms with Crippen molar-refractivity contribution >= 4 is 11.9 Å². The van der Waals surface area contributed by atoms with Gasteiger partial charge in [0.2, 0.25) is 0 Å². The van der Waals surface area contributed by atoms with Crippen molar-refractivity contribution in [3.8, 4) is 11.5 Å². The number of carboxylic acids is 2. The molecule has 0 saturated carbocycles. The molecule has 0 amide bonds. The highest BCUT2D eigenvalue weighted by Crippen LogP contribution is 2.52. The lowest BCUT2D eigenvalue weighted by Gasteiger charge is -2.37. The molecule has 220 valence electrons. The second kappa shape index (κ2) is 12.7. The van der Waals surface area contributed by atoms with Gasteiger partial charge < -0.3 is 24.7 Å². The van der Waals surface area contributed by atoms with E-state index in [9.17, 15) is 19.8 Å². The van der Waals surface area contributed by atoms with Gasteiger partial charge in [-0.05, 0) is 127 Å². The highest BCUT2D eigenvalue weighted by atomic mass is 16.5. The van der Waals surface area contributed by atoms with Crippen LogP contribution in [0, 0.1) is 10.8 Å². The Hall–Kier alpha value is -2.90. The number of hydrogen-bond donors (Lipinski definition) is 2. The predicted octanol–water partition coefficient (Wildman–Crippen LogP) is 6.99. The number of carboxylic acid groups (broad SMARTS) is 2. The fraction of sp³-hybridized carbons (Fsp3) is 0.576. The predicted molar refractivity (Wildman–Crippen MR) is 160 cm³/mol. The summed E-state index contributed by atoms with van der Waals surface area (Å²) in [4.78, 5) is 28.9. The van der Waals surface area contributed by atoms with Gasteiger partial charge in [0.1, 0.15) is 11.5 Å². The molecule has 40 heavy (non-hydrogen) atoms. The van der Waals surface area contributed by atoms with Crippen LogP contribution in [0.15, 0.2) is 30.3 Å². The molecule has 0 aromatic heterocycles. The molecule has 1 aliphatic rings. The summed E-state index contributed by atoms with van der Waals surface area (Å²) < 4.78 is 6.37. The molecule has 1 unspecified atom stereocenters. The standard InChI is InChI=1S/C33H48N2O5/c1-32(2,15-9-17-34(5)6)20-25-23(31(38)39)12-14-28-29(25)26(21-33(3,4)16-10-18-35(7)8)24-19-22(30(36)37)11-13-27(24)40-28/h11-14,19,26H,9-10,15-18,20-21H2,1-8H3,(H,36,37)(H,38,39). The van der Waals surface area contributed by atoms with E-state index < -0.39 is 11.9 Å². The Morgan fingerprint density at radius 3 is 1.95 bits per heavy atom. The Labute approximate surface area is 240 Å². The molecule has 0 bridgehead atoms. The van der Waals surface area contributed by atoms with E-state index in [1.807, 2.05) is 0 Å². The van der Waals surface area contributed by atoms with E-state index in [4.69, 9.17) is 4.74 Å². The monoisotopic (exact) mass is 552 g/mol. The third kappa shape index (κ3) is 8.07. The number of hydrogen-bond acceptors (Lipinski definition) is 5. The molecule has 1 heterocycles. The topological polar surface area (TPSA) is 90.3 Å². The Balaban J connectivity index is 2.14. The minimum Gasteiger partial charge on any atom is -0.478 e. The van der Waals surface area contributed by atoms with Crippen LogP contribution in [0.25, 0.3) is 0 Å². The van der Waals surface area contributed by atoms with Gasteiger partial charge in [-0.1, -0.05) is 27.7 Å². The molecular weight excluding hydrogens is 504 g/mol. The average Bonchev–Trinajstić information content (AvgIpc) is 2.82. The van der Waals surface area contributed by atoms with Crippen LogP contribution in [-0.2, 0) is 6.42 Å². The first-order valence-electron chi connectivity index (χ1n) is 14.3. The van der Waals surface area contributed by atoms with E-state index in [1.54, 1.807) is 30.3 Å². The van der Waals surface area contributed by atoms with Crippen LogP contribution in [-0.4, -0.2) is 73.2 Å². The molecule has 0 fully saturated rings. The molecule has 1 atom stereocenters. The summed E-state index contributed by atoms with van der Waals surface area (Å²) in [5.41, 5.74) is 2.84. The van der Waals surface area contributed by atoms with Crippen LogP contribution in [0.1, 0.15) is 103 Å². The lowest BCUT2D eigenvalue weighted by molar-refractivity contribution is 0.0685. The molecular formula is C33H48N2O5. The summed E-state index contributed by atoms with van der Waals surface area (Å²) in [5, 5.41) is 20.1. The maximum atomic E-state index is 12.6. The van der Waals surface area contributed by atoms with E-state index in [-0.39, 0.29) is 22.3 Å². The lowest BCUT2D eigenvalue weighted by atomic mass is 9.70. The third-order valence-electron chi connectivity index (χ3n) is 8.08. The van der Waals surface area contributed by atoms with Gasteiger partial charge in [-0.2, -0.15) is 0 Å².